The monoisotopic (exact) mass is 244 g/mol. The maximum absolute atomic E-state index is 12.7. The number of rotatable bonds is 5. The van der Waals surface area contributed by atoms with Crippen LogP contribution in [0.2, 0.25) is 0 Å². The second kappa shape index (κ2) is 6.31. The molecule has 0 radical (unpaired) electrons. The summed E-state index contributed by atoms with van der Waals surface area (Å²) in [5.74, 6) is -0.268. The smallest absolute Gasteiger partial charge is 0.123 e. The van der Waals surface area contributed by atoms with Crippen molar-refractivity contribution in [3.8, 4) is 0 Å². The van der Waals surface area contributed by atoms with Gasteiger partial charge in [-0.1, -0.05) is 42.5 Å². The number of aliphatic hydroxyl groups excluding tert-OH is 1. The molecular formula is C16H17FO. The molecule has 0 heterocycles. The van der Waals surface area contributed by atoms with Gasteiger partial charge in [0, 0.05) is 0 Å². The van der Waals surface area contributed by atoms with Crippen LogP contribution in [0.5, 0.6) is 0 Å². The number of hydrogen-bond acceptors (Lipinski definition) is 1. The molecule has 0 amide bonds. The summed E-state index contributed by atoms with van der Waals surface area (Å²) in [4.78, 5) is 0. The van der Waals surface area contributed by atoms with Crippen LogP contribution in [0.3, 0.4) is 0 Å². The molecule has 2 aromatic carbocycles. The Labute approximate surface area is 107 Å². The van der Waals surface area contributed by atoms with Crippen molar-refractivity contribution in [3.05, 3.63) is 71.5 Å². The fraction of sp³-hybridized carbons (Fsp3) is 0.250. The first-order chi connectivity index (χ1) is 8.75. The topological polar surface area (TPSA) is 20.2 Å². The average Bonchev–Trinajstić information content (AvgIpc) is 2.40. The van der Waals surface area contributed by atoms with Crippen LogP contribution in [0.15, 0.2) is 54.6 Å². The van der Waals surface area contributed by atoms with Gasteiger partial charge in [0.1, 0.15) is 5.82 Å². The van der Waals surface area contributed by atoms with E-state index in [1.54, 1.807) is 12.1 Å². The van der Waals surface area contributed by atoms with Gasteiger partial charge >= 0.3 is 0 Å². The second-order valence-electron chi connectivity index (χ2n) is 4.45. The quantitative estimate of drug-likeness (QED) is 0.846. The maximum Gasteiger partial charge on any atom is 0.123 e. The normalized spacial score (nSPS) is 12.3. The van der Waals surface area contributed by atoms with E-state index in [0.717, 1.165) is 18.4 Å². The average molecular weight is 244 g/mol. The molecule has 2 rings (SSSR count). The predicted molar refractivity (Wildman–Crippen MR) is 70.7 cm³/mol. The van der Waals surface area contributed by atoms with Crippen LogP contribution in [-0.2, 0) is 6.42 Å². The van der Waals surface area contributed by atoms with E-state index in [9.17, 15) is 9.50 Å². The Balaban J connectivity index is 1.81. The lowest BCUT2D eigenvalue weighted by Gasteiger charge is -2.10. The number of benzene rings is 2. The lowest BCUT2D eigenvalue weighted by molar-refractivity contribution is 0.164. The van der Waals surface area contributed by atoms with E-state index < -0.39 is 6.10 Å². The van der Waals surface area contributed by atoms with Gasteiger partial charge in [-0.25, -0.2) is 4.39 Å². The summed E-state index contributed by atoms with van der Waals surface area (Å²) in [5, 5.41) is 9.97. The van der Waals surface area contributed by atoms with Crippen molar-refractivity contribution in [2.75, 3.05) is 0 Å². The van der Waals surface area contributed by atoms with Crippen molar-refractivity contribution >= 4 is 0 Å². The Morgan fingerprint density at radius 3 is 2.28 bits per heavy atom. The molecule has 1 unspecified atom stereocenters. The van der Waals surface area contributed by atoms with Crippen molar-refractivity contribution < 1.29 is 9.50 Å². The zero-order chi connectivity index (χ0) is 12.8. The molecule has 0 aliphatic rings. The van der Waals surface area contributed by atoms with Crippen molar-refractivity contribution in [2.24, 2.45) is 0 Å². The molecule has 2 heteroatoms. The van der Waals surface area contributed by atoms with Crippen LogP contribution >= 0.6 is 0 Å². The van der Waals surface area contributed by atoms with E-state index in [2.05, 4.69) is 12.1 Å². The Morgan fingerprint density at radius 2 is 1.61 bits per heavy atom. The first-order valence-electron chi connectivity index (χ1n) is 6.23. The fourth-order valence-corrected chi connectivity index (χ4v) is 2.00. The summed E-state index contributed by atoms with van der Waals surface area (Å²) >= 11 is 0. The molecule has 0 aromatic heterocycles. The lowest BCUT2D eigenvalue weighted by Crippen LogP contribution is -1.98. The van der Waals surface area contributed by atoms with Crippen LogP contribution in [0, 0.1) is 5.82 Å². The summed E-state index contributed by atoms with van der Waals surface area (Å²) in [6.07, 6.45) is 2.07. The van der Waals surface area contributed by atoms with Crippen molar-refractivity contribution in [3.63, 3.8) is 0 Å². The summed E-state index contributed by atoms with van der Waals surface area (Å²) in [6.45, 7) is 0. The lowest BCUT2D eigenvalue weighted by atomic mass is 10.0. The maximum atomic E-state index is 12.7. The van der Waals surface area contributed by atoms with Crippen molar-refractivity contribution in [1.82, 2.24) is 0 Å². The Kier molecular flexibility index (Phi) is 4.48. The molecule has 0 aliphatic carbocycles. The molecule has 0 aliphatic heterocycles. The minimum atomic E-state index is -0.505. The predicted octanol–water partition coefficient (Wildman–Crippen LogP) is 3.88. The summed E-state index contributed by atoms with van der Waals surface area (Å²) in [5.41, 5.74) is 2.06. The molecule has 2 aromatic rings. The molecule has 94 valence electrons. The SMILES string of the molecule is OC(CCCc1ccccc1)c1ccc(F)cc1. The van der Waals surface area contributed by atoms with Gasteiger partial charge in [-0.15, -0.1) is 0 Å². The summed E-state index contributed by atoms with van der Waals surface area (Å²) < 4.78 is 12.7. The zero-order valence-corrected chi connectivity index (χ0v) is 10.2. The number of aryl methyl sites for hydroxylation is 1. The summed E-state index contributed by atoms with van der Waals surface area (Å²) in [6, 6.07) is 16.3. The molecule has 0 fully saturated rings. The van der Waals surface area contributed by atoms with E-state index in [1.165, 1.54) is 17.7 Å². The van der Waals surface area contributed by atoms with Gasteiger partial charge in [-0.3, -0.25) is 0 Å². The van der Waals surface area contributed by atoms with Crippen LogP contribution < -0.4 is 0 Å². The van der Waals surface area contributed by atoms with E-state index in [0.29, 0.717) is 6.42 Å². The number of hydrogen-bond donors (Lipinski definition) is 1. The van der Waals surface area contributed by atoms with Crippen LogP contribution in [0.25, 0.3) is 0 Å². The Hall–Kier alpha value is -1.67. The minimum Gasteiger partial charge on any atom is -0.388 e. The van der Waals surface area contributed by atoms with Crippen LogP contribution in [-0.4, -0.2) is 5.11 Å². The highest BCUT2D eigenvalue weighted by atomic mass is 19.1. The molecule has 1 nitrogen and oxygen atoms in total. The van der Waals surface area contributed by atoms with Gasteiger partial charge in [0.15, 0.2) is 0 Å². The molecule has 1 atom stereocenters. The molecule has 0 spiro atoms. The van der Waals surface area contributed by atoms with Crippen molar-refractivity contribution in [2.45, 2.75) is 25.4 Å². The van der Waals surface area contributed by atoms with E-state index >= 15 is 0 Å². The van der Waals surface area contributed by atoms with Gasteiger partial charge in [0.25, 0.3) is 0 Å². The summed E-state index contributed by atoms with van der Waals surface area (Å²) in [7, 11) is 0. The number of aliphatic hydroxyl groups is 1. The van der Waals surface area contributed by atoms with E-state index in [1.807, 2.05) is 18.2 Å². The zero-order valence-electron chi connectivity index (χ0n) is 10.2. The van der Waals surface area contributed by atoms with Gasteiger partial charge in [0.2, 0.25) is 0 Å². The van der Waals surface area contributed by atoms with Gasteiger partial charge in [-0.05, 0) is 42.5 Å². The Bertz CT molecular complexity index is 464. The molecule has 0 saturated heterocycles. The van der Waals surface area contributed by atoms with E-state index in [4.69, 9.17) is 0 Å². The molecule has 1 N–H and O–H groups in total. The van der Waals surface area contributed by atoms with Crippen LogP contribution in [0.1, 0.15) is 30.1 Å². The van der Waals surface area contributed by atoms with E-state index in [-0.39, 0.29) is 5.82 Å². The third-order valence-electron chi connectivity index (χ3n) is 3.04. The van der Waals surface area contributed by atoms with Crippen molar-refractivity contribution in [1.29, 1.82) is 0 Å². The first-order valence-corrected chi connectivity index (χ1v) is 6.23. The third-order valence-corrected chi connectivity index (χ3v) is 3.04. The van der Waals surface area contributed by atoms with Gasteiger partial charge in [-0.2, -0.15) is 0 Å². The van der Waals surface area contributed by atoms with Gasteiger partial charge < -0.3 is 5.11 Å². The molecule has 18 heavy (non-hydrogen) atoms. The fourth-order valence-electron chi connectivity index (χ4n) is 2.00. The van der Waals surface area contributed by atoms with Gasteiger partial charge in [0.05, 0.1) is 6.10 Å². The number of halogens is 1. The highest BCUT2D eigenvalue weighted by Crippen LogP contribution is 2.19. The Morgan fingerprint density at radius 1 is 0.944 bits per heavy atom. The third kappa shape index (κ3) is 3.67. The largest absolute Gasteiger partial charge is 0.388 e. The molecule has 0 bridgehead atoms. The highest BCUT2D eigenvalue weighted by Gasteiger charge is 2.07. The second-order valence-corrected chi connectivity index (χ2v) is 4.45. The molecular weight excluding hydrogens is 227 g/mol. The minimum absolute atomic E-state index is 0.268. The first kappa shape index (κ1) is 12.8. The van der Waals surface area contributed by atoms with Crippen LogP contribution in [0.4, 0.5) is 4.39 Å². The standard InChI is InChI=1S/C16H17FO/c17-15-11-9-14(10-12-15)16(18)8-4-7-13-5-2-1-3-6-13/h1-3,5-6,9-12,16,18H,4,7-8H2. The molecule has 0 saturated carbocycles. The highest BCUT2D eigenvalue weighted by molar-refractivity contribution is 5.18.